The van der Waals surface area contributed by atoms with Crippen LogP contribution < -0.4 is 4.90 Å². The molecule has 0 N–H and O–H groups in total. The fraction of sp³-hybridized carbons (Fsp3) is 0.350. The van der Waals surface area contributed by atoms with Gasteiger partial charge in [0.25, 0.3) is 0 Å². The summed E-state index contributed by atoms with van der Waals surface area (Å²) >= 11 is 0. The van der Waals surface area contributed by atoms with Crippen LogP contribution >= 0.6 is 0 Å². The molecule has 1 aliphatic rings. The van der Waals surface area contributed by atoms with Crippen molar-refractivity contribution >= 4 is 5.95 Å². The number of nitrogens with zero attached hydrogens (tertiary/aromatic N) is 6. The van der Waals surface area contributed by atoms with Crippen LogP contribution in [0, 0.1) is 0 Å². The zero-order valence-corrected chi connectivity index (χ0v) is 15.8. The number of tetrazole rings is 1. The Morgan fingerprint density at radius 2 is 1.62 bits per heavy atom. The minimum absolute atomic E-state index is 0.615. The Balaban J connectivity index is 1.41. The van der Waals surface area contributed by atoms with E-state index in [-0.39, 0.29) is 0 Å². The summed E-state index contributed by atoms with van der Waals surface area (Å²) in [5, 5.41) is 12.2. The molecular formula is C20H21F3N6. The molecule has 6 nitrogen and oxygen atoms in total. The number of halogens is 3. The Hall–Kier alpha value is -2.94. The van der Waals surface area contributed by atoms with Crippen LogP contribution in [0.15, 0.2) is 54.6 Å². The predicted molar refractivity (Wildman–Crippen MR) is 103 cm³/mol. The fourth-order valence-electron chi connectivity index (χ4n) is 3.50. The summed E-state index contributed by atoms with van der Waals surface area (Å²) < 4.78 is 39.9. The van der Waals surface area contributed by atoms with Gasteiger partial charge < -0.3 is 4.90 Å². The SMILES string of the molecule is FC(F)(F)c1ccc(CN2CCCN(c3nnnn3-c3ccccc3)CC2)cc1. The van der Waals surface area contributed by atoms with E-state index >= 15 is 0 Å². The minimum atomic E-state index is -4.30. The normalized spacial score (nSPS) is 16.0. The summed E-state index contributed by atoms with van der Waals surface area (Å²) in [5.74, 6) is 0.701. The molecule has 1 aliphatic heterocycles. The number of hydrogen-bond donors (Lipinski definition) is 0. The lowest BCUT2D eigenvalue weighted by molar-refractivity contribution is -0.137. The molecule has 1 saturated heterocycles. The molecule has 29 heavy (non-hydrogen) atoms. The fourth-order valence-corrected chi connectivity index (χ4v) is 3.50. The molecule has 2 heterocycles. The third kappa shape index (κ3) is 4.56. The Kier molecular flexibility index (Phi) is 5.48. The van der Waals surface area contributed by atoms with E-state index in [1.807, 2.05) is 30.3 Å². The molecule has 0 amide bonds. The van der Waals surface area contributed by atoms with Crippen LogP contribution in [0.5, 0.6) is 0 Å². The number of hydrogen-bond acceptors (Lipinski definition) is 5. The average molecular weight is 402 g/mol. The lowest BCUT2D eigenvalue weighted by Crippen LogP contribution is -2.32. The van der Waals surface area contributed by atoms with Gasteiger partial charge in [-0.15, -0.1) is 0 Å². The third-order valence-electron chi connectivity index (χ3n) is 5.01. The summed E-state index contributed by atoms with van der Waals surface area (Å²) in [6.45, 7) is 3.83. The first kappa shape index (κ1) is 19.4. The molecule has 1 aromatic heterocycles. The van der Waals surface area contributed by atoms with Gasteiger partial charge in [0.05, 0.1) is 11.3 Å². The Morgan fingerprint density at radius 1 is 0.862 bits per heavy atom. The Labute approximate surface area is 166 Å². The van der Waals surface area contributed by atoms with E-state index in [1.54, 1.807) is 16.8 Å². The van der Waals surface area contributed by atoms with Crippen molar-refractivity contribution in [2.45, 2.75) is 19.1 Å². The van der Waals surface area contributed by atoms with Crippen LogP contribution in [0.1, 0.15) is 17.5 Å². The highest BCUT2D eigenvalue weighted by molar-refractivity contribution is 5.40. The van der Waals surface area contributed by atoms with Crippen LogP contribution in [0.4, 0.5) is 19.1 Å². The number of aromatic nitrogens is 4. The zero-order chi connectivity index (χ0) is 20.3. The molecule has 2 aromatic carbocycles. The zero-order valence-electron chi connectivity index (χ0n) is 15.8. The van der Waals surface area contributed by atoms with Crippen LogP contribution in [-0.2, 0) is 12.7 Å². The van der Waals surface area contributed by atoms with Gasteiger partial charge in [0.2, 0.25) is 5.95 Å². The number of para-hydroxylation sites is 1. The highest BCUT2D eigenvalue weighted by atomic mass is 19.4. The van der Waals surface area contributed by atoms with Crippen molar-refractivity contribution in [2.24, 2.45) is 0 Å². The third-order valence-corrected chi connectivity index (χ3v) is 5.01. The van der Waals surface area contributed by atoms with Crippen LogP contribution in [0.2, 0.25) is 0 Å². The lowest BCUT2D eigenvalue weighted by Gasteiger charge is -2.22. The van der Waals surface area contributed by atoms with Gasteiger partial charge in [0.15, 0.2) is 0 Å². The monoisotopic (exact) mass is 402 g/mol. The first-order valence-corrected chi connectivity index (χ1v) is 9.48. The van der Waals surface area contributed by atoms with Crippen LogP contribution in [-0.4, -0.2) is 51.3 Å². The van der Waals surface area contributed by atoms with E-state index in [2.05, 4.69) is 25.3 Å². The highest BCUT2D eigenvalue weighted by Gasteiger charge is 2.30. The van der Waals surface area contributed by atoms with E-state index in [0.717, 1.165) is 56.0 Å². The predicted octanol–water partition coefficient (Wildman–Crippen LogP) is 3.39. The molecule has 0 atom stereocenters. The summed E-state index contributed by atoms with van der Waals surface area (Å²) in [5.41, 5.74) is 1.16. The summed E-state index contributed by atoms with van der Waals surface area (Å²) in [6, 6.07) is 15.1. The summed E-state index contributed by atoms with van der Waals surface area (Å²) in [4.78, 5) is 4.40. The number of benzene rings is 2. The lowest BCUT2D eigenvalue weighted by atomic mass is 10.1. The maximum atomic E-state index is 12.7. The van der Waals surface area contributed by atoms with Crippen LogP contribution in [0.25, 0.3) is 5.69 Å². The molecule has 9 heteroatoms. The first-order valence-electron chi connectivity index (χ1n) is 9.48. The molecule has 0 radical (unpaired) electrons. The van der Waals surface area contributed by atoms with E-state index in [0.29, 0.717) is 12.5 Å². The van der Waals surface area contributed by atoms with Gasteiger partial charge in [-0.2, -0.15) is 17.9 Å². The maximum absolute atomic E-state index is 12.7. The summed E-state index contributed by atoms with van der Waals surface area (Å²) in [6.07, 6.45) is -3.38. The molecule has 0 bridgehead atoms. The van der Waals surface area contributed by atoms with Gasteiger partial charge >= 0.3 is 6.18 Å². The second-order valence-electron chi connectivity index (χ2n) is 7.04. The molecule has 0 saturated carbocycles. The number of alkyl halides is 3. The minimum Gasteiger partial charge on any atom is -0.338 e. The molecule has 0 aliphatic carbocycles. The van der Waals surface area contributed by atoms with Crippen molar-refractivity contribution < 1.29 is 13.2 Å². The molecule has 0 spiro atoms. The Morgan fingerprint density at radius 3 is 2.34 bits per heavy atom. The smallest absolute Gasteiger partial charge is 0.338 e. The maximum Gasteiger partial charge on any atom is 0.416 e. The molecular weight excluding hydrogens is 381 g/mol. The van der Waals surface area contributed by atoms with Crippen LogP contribution in [0.3, 0.4) is 0 Å². The highest BCUT2D eigenvalue weighted by Crippen LogP contribution is 2.29. The summed E-state index contributed by atoms with van der Waals surface area (Å²) in [7, 11) is 0. The van der Waals surface area contributed by atoms with E-state index in [4.69, 9.17) is 0 Å². The molecule has 1 fully saturated rings. The van der Waals surface area contributed by atoms with Gasteiger partial charge in [-0.1, -0.05) is 35.4 Å². The second-order valence-corrected chi connectivity index (χ2v) is 7.04. The van der Waals surface area contributed by atoms with E-state index in [9.17, 15) is 13.2 Å². The van der Waals surface area contributed by atoms with Gasteiger partial charge in [-0.05, 0) is 46.7 Å². The Bertz CT molecular complexity index is 923. The number of rotatable bonds is 4. The van der Waals surface area contributed by atoms with Crippen molar-refractivity contribution in [3.63, 3.8) is 0 Å². The molecule has 152 valence electrons. The van der Waals surface area contributed by atoms with Crippen molar-refractivity contribution in [1.29, 1.82) is 0 Å². The van der Waals surface area contributed by atoms with Crippen molar-refractivity contribution in [3.8, 4) is 5.69 Å². The molecule has 4 rings (SSSR count). The van der Waals surface area contributed by atoms with Crippen molar-refractivity contribution in [1.82, 2.24) is 25.1 Å². The second kappa shape index (κ2) is 8.20. The van der Waals surface area contributed by atoms with Gasteiger partial charge in [0.1, 0.15) is 0 Å². The van der Waals surface area contributed by atoms with E-state index in [1.165, 1.54) is 0 Å². The van der Waals surface area contributed by atoms with Gasteiger partial charge in [-0.3, -0.25) is 4.90 Å². The largest absolute Gasteiger partial charge is 0.416 e. The first-order chi connectivity index (χ1) is 14.0. The topological polar surface area (TPSA) is 50.1 Å². The number of anilines is 1. The quantitative estimate of drug-likeness (QED) is 0.670. The van der Waals surface area contributed by atoms with E-state index < -0.39 is 11.7 Å². The van der Waals surface area contributed by atoms with Gasteiger partial charge in [0, 0.05) is 32.7 Å². The van der Waals surface area contributed by atoms with Gasteiger partial charge in [-0.25, -0.2) is 0 Å². The molecule has 0 unspecified atom stereocenters. The average Bonchev–Trinajstić information content (AvgIpc) is 3.09. The van der Waals surface area contributed by atoms with Crippen molar-refractivity contribution in [3.05, 3.63) is 65.7 Å². The standard InChI is InChI=1S/C20H21F3N6/c21-20(22,23)17-9-7-16(8-10-17)15-27-11-4-12-28(14-13-27)19-24-25-26-29(19)18-5-2-1-3-6-18/h1-3,5-10H,4,11-15H2. The molecule has 3 aromatic rings. The van der Waals surface area contributed by atoms with Crippen molar-refractivity contribution in [2.75, 3.05) is 31.1 Å².